The summed E-state index contributed by atoms with van der Waals surface area (Å²) in [4.78, 5) is 13.7. The first-order valence-electron chi connectivity index (χ1n) is 13.3. The van der Waals surface area contributed by atoms with Gasteiger partial charge in [0.25, 0.3) is 0 Å². The first kappa shape index (κ1) is 23.7. The maximum atomic E-state index is 5.14. The lowest BCUT2D eigenvalue weighted by atomic mass is 9.96. The lowest BCUT2D eigenvalue weighted by Gasteiger charge is -2.12. The molecule has 40 heavy (non-hydrogen) atoms. The first-order valence-corrected chi connectivity index (χ1v) is 13.3. The average Bonchev–Trinajstić information content (AvgIpc) is 3.05. The normalized spacial score (nSPS) is 11.0. The summed E-state index contributed by atoms with van der Waals surface area (Å²) in [5.41, 5.74) is 10.8. The summed E-state index contributed by atoms with van der Waals surface area (Å²) in [6.45, 7) is 0. The number of hydrogen-bond acceptors (Lipinski definition) is 3. The van der Waals surface area contributed by atoms with Crippen LogP contribution in [0.5, 0.6) is 0 Å². The smallest absolute Gasteiger partial charge is 0.0715 e. The van der Waals surface area contributed by atoms with E-state index in [2.05, 4.69) is 125 Å². The minimum atomic E-state index is 0.940. The standard InChI is InChI=1S/C37H25N3/c1-2-6-31-21-32(18-13-26(31)5-1)35-22-36(29-14-9-27(10-15-29)33-7-3-19-38-24-33)40-37(23-35)30-16-11-28(12-17-30)34-8-4-20-39-25-34/h1-25H. The van der Waals surface area contributed by atoms with Gasteiger partial charge >= 0.3 is 0 Å². The van der Waals surface area contributed by atoms with Crippen molar-refractivity contribution in [3.8, 4) is 55.9 Å². The van der Waals surface area contributed by atoms with Gasteiger partial charge in [0.15, 0.2) is 0 Å². The Kier molecular flexibility index (Phi) is 6.15. The minimum absolute atomic E-state index is 0.940. The molecule has 3 aromatic heterocycles. The minimum Gasteiger partial charge on any atom is -0.264 e. The maximum absolute atomic E-state index is 5.14. The lowest BCUT2D eigenvalue weighted by Crippen LogP contribution is -1.92. The third-order valence-corrected chi connectivity index (χ3v) is 7.26. The highest BCUT2D eigenvalue weighted by molar-refractivity contribution is 5.88. The molecule has 4 aromatic carbocycles. The Bertz CT molecular complexity index is 1810. The van der Waals surface area contributed by atoms with Crippen LogP contribution in [0.2, 0.25) is 0 Å². The van der Waals surface area contributed by atoms with Crippen LogP contribution < -0.4 is 0 Å². The Hall–Kier alpha value is -5.41. The first-order chi connectivity index (χ1) is 19.8. The zero-order valence-electron chi connectivity index (χ0n) is 21.8. The van der Waals surface area contributed by atoms with Gasteiger partial charge in [-0.1, -0.05) is 97.1 Å². The van der Waals surface area contributed by atoms with Gasteiger partial charge in [0.2, 0.25) is 0 Å². The van der Waals surface area contributed by atoms with Crippen molar-refractivity contribution in [3.05, 3.63) is 152 Å². The summed E-state index contributed by atoms with van der Waals surface area (Å²) in [5, 5.41) is 2.46. The van der Waals surface area contributed by atoms with Crippen LogP contribution in [-0.4, -0.2) is 15.0 Å². The molecular weight excluding hydrogens is 486 g/mol. The van der Waals surface area contributed by atoms with E-state index in [0.29, 0.717) is 0 Å². The number of nitrogens with zero attached hydrogens (tertiary/aromatic N) is 3. The number of pyridine rings is 3. The fourth-order valence-corrected chi connectivity index (χ4v) is 5.10. The lowest BCUT2D eigenvalue weighted by molar-refractivity contribution is 1.31. The van der Waals surface area contributed by atoms with Crippen LogP contribution in [0.3, 0.4) is 0 Å². The van der Waals surface area contributed by atoms with Crippen molar-refractivity contribution in [3.63, 3.8) is 0 Å². The van der Waals surface area contributed by atoms with Gasteiger partial charge in [-0.05, 0) is 74.5 Å². The maximum Gasteiger partial charge on any atom is 0.0715 e. The zero-order valence-corrected chi connectivity index (χ0v) is 21.8. The summed E-state index contributed by atoms with van der Waals surface area (Å²) in [6.07, 6.45) is 7.37. The Labute approximate surface area is 233 Å². The molecule has 0 amide bonds. The highest BCUT2D eigenvalue weighted by Gasteiger charge is 2.11. The van der Waals surface area contributed by atoms with E-state index >= 15 is 0 Å². The van der Waals surface area contributed by atoms with E-state index < -0.39 is 0 Å². The van der Waals surface area contributed by atoms with Crippen LogP contribution in [0.1, 0.15) is 0 Å². The van der Waals surface area contributed by atoms with E-state index in [9.17, 15) is 0 Å². The highest BCUT2D eigenvalue weighted by atomic mass is 14.7. The van der Waals surface area contributed by atoms with Crippen LogP contribution in [0.15, 0.2) is 152 Å². The molecule has 0 spiro atoms. The van der Waals surface area contributed by atoms with Crippen LogP contribution in [-0.2, 0) is 0 Å². The van der Waals surface area contributed by atoms with E-state index in [1.807, 2.05) is 24.5 Å². The predicted molar refractivity (Wildman–Crippen MR) is 165 cm³/mol. The van der Waals surface area contributed by atoms with Crippen LogP contribution in [0.25, 0.3) is 66.7 Å². The van der Waals surface area contributed by atoms with E-state index in [1.54, 1.807) is 12.4 Å². The Morgan fingerprint density at radius 3 is 1.35 bits per heavy atom. The van der Waals surface area contributed by atoms with E-state index in [0.717, 1.165) is 50.3 Å². The van der Waals surface area contributed by atoms with E-state index in [1.165, 1.54) is 16.3 Å². The van der Waals surface area contributed by atoms with Gasteiger partial charge in [-0.3, -0.25) is 9.97 Å². The Morgan fingerprint density at radius 2 is 0.825 bits per heavy atom. The topological polar surface area (TPSA) is 38.7 Å². The zero-order chi connectivity index (χ0) is 26.7. The molecule has 7 rings (SSSR count). The molecule has 0 saturated carbocycles. The largest absolute Gasteiger partial charge is 0.264 e. The third kappa shape index (κ3) is 4.77. The fraction of sp³-hybridized carbons (Fsp3) is 0. The van der Waals surface area contributed by atoms with Crippen LogP contribution >= 0.6 is 0 Å². The van der Waals surface area contributed by atoms with Gasteiger partial charge in [0.05, 0.1) is 11.4 Å². The Morgan fingerprint density at radius 1 is 0.325 bits per heavy atom. The van der Waals surface area contributed by atoms with Crippen molar-refractivity contribution in [2.24, 2.45) is 0 Å². The number of hydrogen-bond donors (Lipinski definition) is 0. The molecule has 0 aliphatic rings. The molecule has 0 N–H and O–H groups in total. The van der Waals surface area contributed by atoms with Gasteiger partial charge in [-0.2, -0.15) is 0 Å². The monoisotopic (exact) mass is 511 g/mol. The summed E-state index contributed by atoms with van der Waals surface area (Å²) >= 11 is 0. The second kappa shape index (κ2) is 10.4. The summed E-state index contributed by atoms with van der Waals surface area (Å²) < 4.78 is 0. The molecule has 3 heterocycles. The molecule has 0 fully saturated rings. The average molecular weight is 512 g/mol. The van der Waals surface area contributed by atoms with Crippen molar-refractivity contribution in [2.75, 3.05) is 0 Å². The number of fused-ring (bicyclic) bond motifs is 1. The van der Waals surface area contributed by atoms with Gasteiger partial charge in [-0.25, -0.2) is 4.98 Å². The SMILES string of the molecule is c1cncc(-c2ccc(-c3cc(-c4ccc5ccccc5c4)cc(-c4ccc(-c5cccnc5)cc4)n3)cc2)c1. The molecule has 0 atom stereocenters. The summed E-state index contributed by atoms with van der Waals surface area (Å²) in [5.74, 6) is 0. The van der Waals surface area contributed by atoms with E-state index in [-0.39, 0.29) is 0 Å². The molecule has 0 radical (unpaired) electrons. The molecular formula is C37H25N3. The van der Waals surface area contributed by atoms with Gasteiger partial charge in [0, 0.05) is 35.9 Å². The number of rotatable bonds is 5. The van der Waals surface area contributed by atoms with Gasteiger partial charge < -0.3 is 0 Å². The molecule has 0 aliphatic heterocycles. The predicted octanol–water partition coefficient (Wildman–Crippen LogP) is 9.36. The number of aromatic nitrogens is 3. The number of benzene rings is 4. The molecule has 0 saturated heterocycles. The summed E-state index contributed by atoms with van der Waals surface area (Å²) in [7, 11) is 0. The molecule has 3 nitrogen and oxygen atoms in total. The van der Waals surface area contributed by atoms with Crippen LogP contribution in [0, 0.1) is 0 Å². The van der Waals surface area contributed by atoms with Gasteiger partial charge in [-0.15, -0.1) is 0 Å². The quantitative estimate of drug-likeness (QED) is 0.231. The Balaban J connectivity index is 1.33. The summed E-state index contributed by atoms with van der Waals surface area (Å²) in [6, 6.07) is 44.7. The second-order valence-electron chi connectivity index (χ2n) is 9.83. The molecule has 7 aromatic rings. The van der Waals surface area contributed by atoms with E-state index in [4.69, 9.17) is 4.98 Å². The molecule has 0 aliphatic carbocycles. The van der Waals surface area contributed by atoms with Gasteiger partial charge in [0.1, 0.15) is 0 Å². The molecule has 0 bridgehead atoms. The molecule has 3 heteroatoms. The fourth-order valence-electron chi connectivity index (χ4n) is 5.10. The second-order valence-corrected chi connectivity index (χ2v) is 9.83. The third-order valence-electron chi connectivity index (χ3n) is 7.26. The van der Waals surface area contributed by atoms with Crippen molar-refractivity contribution in [1.82, 2.24) is 15.0 Å². The van der Waals surface area contributed by atoms with Crippen LogP contribution in [0.4, 0.5) is 0 Å². The van der Waals surface area contributed by atoms with Crippen molar-refractivity contribution >= 4 is 10.8 Å². The van der Waals surface area contributed by atoms with Crippen molar-refractivity contribution in [1.29, 1.82) is 0 Å². The molecule has 188 valence electrons. The van der Waals surface area contributed by atoms with Crippen molar-refractivity contribution in [2.45, 2.75) is 0 Å². The molecule has 0 unspecified atom stereocenters. The van der Waals surface area contributed by atoms with Crippen molar-refractivity contribution < 1.29 is 0 Å². The highest BCUT2D eigenvalue weighted by Crippen LogP contribution is 2.33.